The number of esters is 2. The molecule has 0 amide bonds. The smallest absolute Gasteiger partial charge is 0.353 e. The van der Waals surface area contributed by atoms with Crippen LogP contribution < -0.4 is 95.3 Å². The Hall–Kier alpha value is -5.86. The minimum Gasteiger partial charge on any atom is -1.00 e. The number of methoxy groups -OCH3 is 10. The first-order valence-corrected chi connectivity index (χ1v) is 26.4. The highest BCUT2D eigenvalue weighted by Crippen LogP contribution is 2.47. The number of carbonyl (C=O) groups is 4. The zero-order valence-electron chi connectivity index (χ0n) is 48.7. The van der Waals surface area contributed by atoms with E-state index < -0.39 is 24.1 Å². The van der Waals surface area contributed by atoms with Crippen molar-refractivity contribution in [1.82, 2.24) is 0 Å². The molecular formula is C59H80I2N2O18. The van der Waals surface area contributed by atoms with E-state index in [-0.39, 0.29) is 86.3 Å². The summed E-state index contributed by atoms with van der Waals surface area (Å²) in [4.78, 5) is 51.3. The molecule has 2 aliphatic heterocycles. The van der Waals surface area contributed by atoms with Crippen molar-refractivity contribution in [2.24, 2.45) is 0 Å². The lowest BCUT2D eigenvalue weighted by Gasteiger charge is -2.46. The van der Waals surface area contributed by atoms with Gasteiger partial charge >= 0.3 is 11.9 Å². The first kappa shape index (κ1) is 67.6. The van der Waals surface area contributed by atoms with E-state index in [1.54, 1.807) is 71.1 Å². The summed E-state index contributed by atoms with van der Waals surface area (Å²) >= 11 is 0. The molecule has 22 heteroatoms. The van der Waals surface area contributed by atoms with E-state index >= 15 is 0 Å². The second-order valence-corrected chi connectivity index (χ2v) is 20.1. The van der Waals surface area contributed by atoms with E-state index in [0.717, 1.165) is 52.6 Å². The number of hydrogen-bond donors (Lipinski definition) is 0. The van der Waals surface area contributed by atoms with Crippen LogP contribution in [-0.4, -0.2) is 171 Å². The number of nitrogens with zero attached hydrogens (tertiary/aromatic N) is 2. The Morgan fingerprint density at radius 2 is 0.765 bits per heavy atom. The molecule has 2 aliphatic rings. The lowest BCUT2D eigenvalue weighted by atomic mass is 9.85. The molecule has 0 bridgehead atoms. The monoisotopic (exact) mass is 1360 g/mol. The Balaban J connectivity index is 0.00000706. The van der Waals surface area contributed by atoms with Gasteiger partial charge in [0.2, 0.25) is 23.7 Å². The predicted octanol–water partition coefficient (Wildman–Crippen LogP) is 1.17. The summed E-state index contributed by atoms with van der Waals surface area (Å²) in [5.41, 5.74) is 5.96. The highest BCUT2D eigenvalue weighted by Gasteiger charge is 2.46. The Kier molecular flexibility index (Phi) is 26.8. The normalized spacial score (nSPS) is 18.5. The molecule has 0 aliphatic carbocycles. The molecule has 0 saturated heterocycles. The number of benzene rings is 4. The van der Waals surface area contributed by atoms with Gasteiger partial charge in [-0.15, -0.1) is 0 Å². The van der Waals surface area contributed by atoms with Gasteiger partial charge in [0.25, 0.3) is 12.9 Å². The minimum absolute atomic E-state index is 0. The van der Waals surface area contributed by atoms with Gasteiger partial charge in [0.15, 0.2) is 46.0 Å². The molecule has 0 N–H and O–H groups in total. The molecule has 0 aromatic heterocycles. The van der Waals surface area contributed by atoms with Gasteiger partial charge in [-0.05, 0) is 83.6 Å². The summed E-state index contributed by atoms with van der Waals surface area (Å²) in [5.74, 6) is 4.08. The van der Waals surface area contributed by atoms with Crippen molar-refractivity contribution in [2.75, 3.05) is 125 Å². The van der Waals surface area contributed by atoms with Crippen LogP contribution in [0.2, 0.25) is 0 Å². The largest absolute Gasteiger partial charge is 1.00 e. The number of fused-ring (bicyclic) bond motifs is 2. The quantitative estimate of drug-likeness (QED) is 0.0169. The zero-order chi connectivity index (χ0) is 57.3. The number of unbranched alkanes of at least 4 members (excludes halogenated alkanes) is 4. The van der Waals surface area contributed by atoms with Crippen LogP contribution in [0.15, 0.2) is 48.5 Å². The summed E-state index contributed by atoms with van der Waals surface area (Å²) in [5, 5.41) is 0. The fourth-order valence-corrected chi connectivity index (χ4v) is 11.2. The summed E-state index contributed by atoms with van der Waals surface area (Å²) in [6, 6.07) is 15.1. The third kappa shape index (κ3) is 16.2. The number of hydrogen-bond acceptors (Lipinski definition) is 18. The standard InChI is InChI=1S/C59H80N2O18.2HI/c1-60(20-18-40-30-46(66-3)48(68-5)32-42(40)44(60)24-38-26-50(70-7)56(74-11)51(27-38)71-8)34-54(78-36-62)58(64)76-22-16-14-13-15-17-23-77-59(65)55(79-37-63)35-61(2)21-19-41-31-47(67-4)49(69-6)33-43(41)45(61)25-39-28-52(72-9)57(75-12)53(29-39)73-10;;/h26-33,36-37,44-45,54-55H,13-25,34-35H2,1-12H3;2*1H/q+2;;/p-2. The zero-order valence-corrected chi connectivity index (χ0v) is 53.0. The summed E-state index contributed by atoms with van der Waals surface area (Å²) in [6.45, 7) is 2.34. The third-order valence-electron chi connectivity index (χ3n) is 15.5. The lowest BCUT2D eigenvalue weighted by Crippen LogP contribution is -3.00. The van der Waals surface area contributed by atoms with Crippen molar-refractivity contribution < 1.29 is 142 Å². The molecule has 20 nitrogen and oxygen atoms in total. The van der Waals surface area contributed by atoms with Gasteiger partial charge in [0, 0.05) is 36.8 Å². The van der Waals surface area contributed by atoms with Crippen molar-refractivity contribution in [3.8, 4) is 57.5 Å². The molecule has 6 atom stereocenters. The van der Waals surface area contributed by atoms with Crippen LogP contribution in [-0.2, 0) is 63.8 Å². The molecule has 2 heterocycles. The van der Waals surface area contributed by atoms with Crippen molar-refractivity contribution in [1.29, 1.82) is 0 Å². The van der Waals surface area contributed by atoms with Gasteiger partial charge < -0.3 is 123 Å². The van der Waals surface area contributed by atoms with Crippen LogP contribution in [0.4, 0.5) is 0 Å². The second kappa shape index (κ2) is 32.1. The van der Waals surface area contributed by atoms with Crippen molar-refractivity contribution in [3.63, 3.8) is 0 Å². The highest BCUT2D eigenvalue weighted by atomic mass is 127. The van der Waals surface area contributed by atoms with Crippen LogP contribution in [0.3, 0.4) is 0 Å². The van der Waals surface area contributed by atoms with E-state index in [2.05, 4.69) is 0 Å². The fraction of sp³-hybridized carbons (Fsp3) is 0.525. The van der Waals surface area contributed by atoms with Gasteiger partial charge in [0.05, 0.1) is 111 Å². The van der Waals surface area contributed by atoms with Crippen molar-refractivity contribution >= 4 is 24.9 Å². The highest BCUT2D eigenvalue weighted by molar-refractivity contribution is 5.76. The molecule has 81 heavy (non-hydrogen) atoms. The molecule has 448 valence electrons. The number of quaternary nitrogens is 2. The van der Waals surface area contributed by atoms with Gasteiger partial charge in [-0.25, -0.2) is 9.59 Å². The Labute approximate surface area is 510 Å². The molecule has 0 radical (unpaired) electrons. The molecule has 0 saturated carbocycles. The Bertz CT molecular complexity index is 2500. The molecule has 6 unspecified atom stereocenters. The molecule has 4 aromatic carbocycles. The van der Waals surface area contributed by atoms with Crippen LogP contribution in [0.25, 0.3) is 0 Å². The number of likely N-dealkylation sites (N-methyl/N-ethyl adjacent to an activating group) is 2. The first-order chi connectivity index (χ1) is 38.1. The van der Waals surface area contributed by atoms with Crippen LogP contribution in [0.5, 0.6) is 57.5 Å². The van der Waals surface area contributed by atoms with Crippen molar-refractivity contribution in [3.05, 3.63) is 81.9 Å². The van der Waals surface area contributed by atoms with E-state index in [1.807, 2.05) is 62.6 Å². The average Bonchev–Trinajstić information content (AvgIpc) is 3.47. The summed E-state index contributed by atoms with van der Waals surface area (Å²) in [7, 11) is 19.8. The lowest BCUT2D eigenvalue weighted by molar-refractivity contribution is -0.943. The van der Waals surface area contributed by atoms with Crippen LogP contribution >= 0.6 is 0 Å². The number of halogens is 2. The third-order valence-corrected chi connectivity index (χ3v) is 15.5. The molecule has 6 rings (SSSR count). The Morgan fingerprint density at radius 3 is 1.06 bits per heavy atom. The maximum Gasteiger partial charge on any atom is 0.353 e. The van der Waals surface area contributed by atoms with E-state index in [1.165, 1.54) is 0 Å². The molecule has 0 fully saturated rings. The molecular weight excluding hydrogens is 1280 g/mol. The van der Waals surface area contributed by atoms with Gasteiger partial charge in [-0.3, -0.25) is 9.59 Å². The van der Waals surface area contributed by atoms with Gasteiger partial charge in [-0.1, -0.05) is 19.3 Å². The topological polar surface area (TPSA) is 197 Å². The number of ether oxygens (including phenoxy) is 14. The predicted molar refractivity (Wildman–Crippen MR) is 290 cm³/mol. The van der Waals surface area contributed by atoms with E-state index in [9.17, 15) is 19.2 Å². The summed E-state index contributed by atoms with van der Waals surface area (Å²) < 4.78 is 79.9. The van der Waals surface area contributed by atoms with Crippen molar-refractivity contribution in [2.45, 2.75) is 82.1 Å². The Morgan fingerprint density at radius 1 is 0.457 bits per heavy atom. The maximum atomic E-state index is 13.7. The van der Waals surface area contributed by atoms with E-state index in [0.29, 0.717) is 131 Å². The molecule has 4 aromatic rings. The summed E-state index contributed by atoms with van der Waals surface area (Å²) in [6.07, 6.45) is 3.31. The van der Waals surface area contributed by atoms with Crippen LogP contribution in [0.1, 0.15) is 77.6 Å². The fourth-order valence-electron chi connectivity index (χ4n) is 11.2. The average molecular weight is 1360 g/mol. The first-order valence-electron chi connectivity index (χ1n) is 26.4. The number of rotatable bonds is 32. The SMILES string of the molecule is COc1cc2c(cc1OC)C(Cc1cc(OC)c(OC)c(OC)c1)[N+](C)(CC(OC=O)C(=O)OCCCCCCCOC(=O)C(C[N+]1(C)CCc3cc(OC)c(OC)cc3C1Cc1cc(OC)c(OC)c(OC)c1)OC=O)CC2.[I-].[I-]. The number of carbonyl (C=O) groups excluding carboxylic acids is 4. The van der Waals surface area contributed by atoms with Crippen LogP contribution in [0, 0.1) is 0 Å². The maximum absolute atomic E-state index is 13.7. The second-order valence-electron chi connectivity index (χ2n) is 20.1. The van der Waals surface area contributed by atoms with Gasteiger partial charge in [0.1, 0.15) is 25.2 Å². The van der Waals surface area contributed by atoms with E-state index in [4.69, 9.17) is 66.3 Å². The minimum atomic E-state index is -1.18. The molecule has 0 spiro atoms. The van der Waals surface area contributed by atoms with Gasteiger partial charge in [-0.2, -0.15) is 0 Å².